The third kappa shape index (κ3) is 2.65. The lowest BCUT2D eigenvalue weighted by Crippen LogP contribution is -2.52. The molecule has 0 aromatic rings. The monoisotopic (exact) mass is 251 g/mol. The SMILES string of the molecule is CCC1CCCC2(CC1)CN=C(N)N2CC(C)C. The molecule has 0 radical (unpaired) electrons. The van der Waals surface area contributed by atoms with Gasteiger partial charge in [-0.1, -0.05) is 40.0 Å². The lowest BCUT2D eigenvalue weighted by atomic mass is 9.88. The van der Waals surface area contributed by atoms with Crippen molar-refractivity contribution in [3.8, 4) is 0 Å². The van der Waals surface area contributed by atoms with Gasteiger partial charge in [-0.3, -0.25) is 4.99 Å². The number of hydrogen-bond acceptors (Lipinski definition) is 3. The van der Waals surface area contributed by atoms with Crippen molar-refractivity contribution in [2.45, 2.75) is 64.8 Å². The largest absolute Gasteiger partial charge is 0.370 e. The zero-order chi connectivity index (χ0) is 13.2. The Hall–Kier alpha value is -0.730. The molecule has 2 rings (SSSR count). The Bertz CT molecular complexity index is 311. The van der Waals surface area contributed by atoms with Crippen molar-refractivity contribution in [3.05, 3.63) is 0 Å². The maximum atomic E-state index is 6.13. The molecule has 104 valence electrons. The van der Waals surface area contributed by atoms with Crippen molar-refractivity contribution >= 4 is 5.96 Å². The van der Waals surface area contributed by atoms with Crippen LogP contribution in [0.25, 0.3) is 0 Å². The average molecular weight is 251 g/mol. The van der Waals surface area contributed by atoms with Gasteiger partial charge >= 0.3 is 0 Å². The molecule has 1 aliphatic carbocycles. The topological polar surface area (TPSA) is 41.6 Å². The number of aliphatic imine (C=N–C) groups is 1. The van der Waals surface area contributed by atoms with Crippen LogP contribution in [0.2, 0.25) is 0 Å². The molecule has 0 saturated heterocycles. The number of nitrogens with zero attached hydrogens (tertiary/aromatic N) is 2. The Morgan fingerprint density at radius 2 is 2.17 bits per heavy atom. The highest BCUT2D eigenvalue weighted by Gasteiger charge is 2.42. The number of nitrogens with two attached hydrogens (primary N) is 1. The third-order valence-corrected chi connectivity index (χ3v) is 4.78. The Morgan fingerprint density at radius 1 is 1.39 bits per heavy atom. The molecule has 2 atom stereocenters. The fourth-order valence-corrected chi connectivity index (χ4v) is 3.59. The summed E-state index contributed by atoms with van der Waals surface area (Å²) in [6.45, 7) is 8.86. The summed E-state index contributed by atoms with van der Waals surface area (Å²) in [5.74, 6) is 2.37. The van der Waals surface area contributed by atoms with Crippen LogP contribution in [0, 0.1) is 11.8 Å². The summed E-state index contributed by atoms with van der Waals surface area (Å²) in [7, 11) is 0. The van der Waals surface area contributed by atoms with E-state index in [1.807, 2.05) is 0 Å². The molecule has 2 N–H and O–H groups in total. The molecule has 0 amide bonds. The lowest BCUT2D eigenvalue weighted by Gasteiger charge is -2.40. The molecule has 18 heavy (non-hydrogen) atoms. The predicted molar refractivity (Wildman–Crippen MR) is 77.6 cm³/mol. The molecule has 0 bridgehead atoms. The van der Waals surface area contributed by atoms with E-state index in [2.05, 4.69) is 30.7 Å². The molecule has 1 fully saturated rings. The van der Waals surface area contributed by atoms with Gasteiger partial charge in [-0.05, 0) is 31.1 Å². The van der Waals surface area contributed by atoms with Crippen molar-refractivity contribution in [1.29, 1.82) is 0 Å². The highest BCUT2D eigenvalue weighted by Crippen LogP contribution is 2.38. The van der Waals surface area contributed by atoms with E-state index in [9.17, 15) is 0 Å². The van der Waals surface area contributed by atoms with Crippen molar-refractivity contribution in [3.63, 3.8) is 0 Å². The van der Waals surface area contributed by atoms with Crippen LogP contribution in [0.15, 0.2) is 4.99 Å². The van der Waals surface area contributed by atoms with Crippen molar-refractivity contribution in [2.75, 3.05) is 13.1 Å². The maximum Gasteiger partial charge on any atom is 0.191 e. The summed E-state index contributed by atoms with van der Waals surface area (Å²) in [5, 5.41) is 0. The predicted octanol–water partition coefficient (Wildman–Crippen LogP) is 3.00. The number of guanidine groups is 1. The second-order valence-electron chi connectivity index (χ2n) is 6.61. The average Bonchev–Trinajstić information content (AvgIpc) is 2.54. The fraction of sp³-hybridized carbons (Fsp3) is 0.933. The Balaban J connectivity index is 2.09. The number of hydrogen-bond donors (Lipinski definition) is 1. The van der Waals surface area contributed by atoms with E-state index in [1.54, 1.807) is 0 Å². The van der Waals surface area contributed by atoms with Crippen LogP contribution in [0.3, 0.4) is 0 Å². The van der Waals surface area contributed by atoms with Crippen LogP contribution >= 0.6 is 0 Å². The van der Waals surface area contributed by atoms with Gasteiger partial charge in [0.05, 0.1) is 12.1 Å². The van der Waals surface area contributed by atoms with Gasteiger partial charge in [0.1, 0.15) is 0 Å². The fourth-order valence-electron chi connectivity index (χ4n) is 3.59. The second-order valence-corrected chi connectivity index (χ2v) is 6.61. The first-order valence-corrected chi connectivity index (χ1v) is 7.65. The van der Waals surface area contributed by atoms with Gasteiger partial charge in [-0.2, -0.15) is 0 Å². The van der Waals surface area contributed by atoms with E-state index in [0.717, 1.165) is 25.0 Å². The van der Waals surface area contributed by atoms with Crippen LogP contribution < -0.4 is 5.73 Å². The van der Waals surface area contributed by atoms with Gasteiger partial charge in [-0.15, -0.1) is 0 Å². The highest BCUT2D eigenvalue weighted by atomic mass is 15.4. The Morgan fingerprint density at radius 3 is 2.83 bits per heavy atom. The summed E-state index contributed by atoms with van der Waals surface area (Å²) < 4.78 is 0. The quantitative estimate of drug-likeness (QED) is 0.838. The first-order chi connectivity index (χ1) is 8.57. The third-order valence-electron chi connectivity index (χ3n) is 4.78. The molecule has 2 unspecified atom stereocenters. The van der Waals surface area contributed by atoms with Crippen LogP contribution in [-0.4, -0.2) is 29.5 Å². The van der Waals surface area contributed by atoms with E-state index in [1.165, 1.54) is 38.5 Å². The zero-order valence-corrected chi connectivity index (χ0v) is 12.3. The summed E-state index contributed by atoms with van der Waals surface area (Å²) in [4.78, 5) is 6.99. The van der Waals surface area contributed by atoms with Crippen LogP contribution in [0.1, 0.15) is 59.3 Å². The van der Waals surface area contributed by atoms with Gasteiger partial charge in [0.25, 0.3) is 0 Å². The standard InChI is InChI=1S/C15H29N3/c1-4-13-6-5-8-15(9-7-13)11-17-14(16)18(15)10-12(2)3/h12-13H,4-11H2,1-3H3,(H2,16,17). The summed E-state index contributed by atoms with van der Waals surface area (Å²) in [5.41, 5.74) is 6.39. The van der Waals surface area contributed by atoms with Crippen molar-refractivity contribution in [1.82, 2.24) is 4.90 Å². The van der Waals surface area contributed by atoms with Gasteiger partial charge in [0.15, 0.2) is 5.96 Å². The normalized spacial score (nSPS) is 33.0. The van der Waals surface area contributed by atoms with Gasteiger partial charge in [-0.25, -0.2) is 0 Å². The van der Waals surface area contributed by atoms with Gasteiger partial charge < -0.3 is 10.6 Å². The van der Waals surface area contributed by atoms with E-state index in [4.69, 9.17) is 5.73 Å². The minimum Gasteiger partial charge on any atom is -0.370 e. The molecule has 0 aromatic heterocycles. The van der Waals surface area contributed by atoms with E-state index in [0.29, 0.717) is 5.92 Å². The highest BCUT2D eigenvalue weighted by molar-refractivity contribution is 5.81. The molecule has 1 spiro atoms. The van der Waals surface area contributed by atoms with E-state index < -0.39 is 0 Å². The second kappa shape index (κ2) is 5.50. The Kier molecular flexibility index (Phi) is 4.18. The molecule has 0 aromatic carbocycles. The van der Waals surface area contributed by atoms with Crippen molar-refractivity contribution < 1.29 is 0 Å². The molecule has 2 aliphatic rings. The first-order valence-electron chi connectivity index (χ1n) is 7.65. The van der Waals surface area contributed by atoms with Crippen molar-refractivity contribution in [2.24, 2.45) is 22.6 Å². The van der Waals surface area contributed by atoms with Crippen LogP contribution in [0.4, 0.5) is 0 Å². The minimum absolute atomic E-state index is 0.262. The van der Waals surface area contributed by atoms with Crippen LogP contribution in [0.5, 0.6) is 0 Å². The lowest BCUT2D eigenvalue weighted by molar-refractivity contribution is 0.158. The van der Waals surface area contributed by atoms with E-state index >= 15 is 0 Å². The minimum atomic E-state index is 0.262. The smallest absolute Gasteiger partial charge is 0.191 e. The molecular formula is C15H29N3. The maximum absolute atomic E-state index is 6.13. The molecule has 1 heterocycles. The molecule has 1 saturated carbocycles. The number of rotatable bonds is 3. The van der Waals surface area contributed by atoms with Gasteiger partial charge in [0.2, 0.25) is 0 Å². The van der Waals surface area contributed by atoms with Gasteiger partial charge in [0, 0.05) is 6.54 Å². The molecular weight excluding hydrogens is 222 g/mol. The summed E-state index contributed by atoms with van der Waals surface area (Å²) >= 11 is 0. The summed E-state index contributed by atoms with van der Waals surface area (Å²) in [6.07, 6.45) is 7.98. The molecule has 1 aliphatic heterocycles. The molecule has 3 heteroatoms. The zero-order valence-electron chi connectivity index (χ0n) is 12.3. The first kappa shape index (κ1) is 13.7. The van der Waals surface area contributed by atoms with E-state index in [-0.39, 0.29) is 5.54 Å². The van der Waals surface area contributed by atoms with Crippen LogP contribution in [-0.2, 0) is 0 Å². The Labute approximate surface area is 112 Å². The molecule has 3 nitrogen and oxygen atoms in total. The summed E-state index contributed by atoms with van der Waals surface area (Å²) in [6, 6.07) is 0.